The Kier molecular flexibility index (Phi) is 25.6. The largest absolute Gasteiger partial charge is 0.481 e. The Labute approximate surface area is 199 Å². The Morgan fingerprint density at radius 3 is 1.25 bits per heavy atom. The molecule has 0 spiro atoms. The second-order valence-electron chi connectivity index (χ2n) is 8.53. The third kappa shape index (κ3) is 28.2. The van der Waals surface area contributed by atoms with Crippen LogP contribution in [0.15, 0.2) is 60.8 Å². The van der Waals surface area contributed by atoms with Crippen LogP contribution in [0.3, 0.4) is 0 Å². The summed E-state index contributed by atoms with van der Waals surface area (Å²) in [6.07, 6.45) is 43.1. The van der Waals surface area contributed by atoms with Crippen LogP contribution in [0.4, 0.5) is 0 Å². The topological polar surface area (TPSA) is 37.3 Å². The number of aliphatic carboxylic acids is 1. The molecule has 2 heteroatoms. The van der Waals surface area contributed by atoms with Crippen LogP contribution in [0.5, 0.6) is 0 Å². The van der Waals surface area contributed by atoms with Gasteiger partial charge in [-0.1, -0.05) is 125 Å². The first-order valence-electron chi connectivity index (χ1n) is 13.2. The van der Waals surface area contributed by atoms with Crippen molar-refractivity contribution in [3.05, 3.63) is 60.8 Å². The molecule has 0 aromatic carbocycles. The van der Waals surface area contributed by atoms with Crippen molar-refractivity contribution in [2.75, 3.05) is 0 Å². The molecule has 0 aromatic heterocycles. The maximum Gasteiger partial charge on any atom is 0.303 e. The van der Waals surface area contributed by atoms with Gasteiger partial charge >= 0.3 is 5.97 Å². The summed E-state index contributed by atoms with van der Waals surface area (Å²) in [6, 6.07) is 0. The van der Waals surface area contributed by atoms with Crippen molar-refractivity contribution >= 4 is 5.97 Å². The minimum absolute atomic E-state index is 0.333. The molecule has 0 saturated heterocycles. The summed E-state index contributed by atoms with van der Waals surface area (Å²) in [5, 5.41) is 8.59. The van der Waals surface area contributed by atoms with Crippen molar-refractivity contribution in [2.45, 2.75) is 122 Å². The molecule has 0 bridgehead atoms. The Hall–Kier alpha value is -1.83. The van der Waals surface area contributed by atoms with Crippen LogP contribution in [0.25, 0.3) is 0 Å². The molecule has 0 fully saturated rings. The summed E-state index contributed by atoms with van der Waals surface area (Å²) < 4.78 is 0. The van der Waals surface area contributed by atoms with Crippen LogP contribution < -0.4 is 0 Å². The fraction of sp³-hybridized carbons (Fsp3) is 0.633. The van der Waals surface area contributed by atoms with Crippen molar-refractivity contribution in [3.63, 3.8) is 0 Å². The van der Waals surface area contributed by atoms with E-state index < -0.39 is 5.97 Å². The molecule has 0 rings (SSSR count). The second kappa shape index (κ2) is 27.2. The zero-order valence-corrected chi connectivity index (χ0v) is 20.9. The Balaban J connectivity index is 3.29. The normalized spacial score (nSPS) is 12.5. The first-order chi connectivity index (χ1) is 15.8. The first-order valence-corrected chi connectivity index (χ1v) is 13.2. The summed E-state index contributed by atoms with van der Waals surface area (Å²) in [6.45, 7) is 2.16. The molecule has 0 aromatic rings. The minimum Gasteiger partial charge on any atom is -0.481 e. The van der Waals surface area contributed by atoms with Gasteiger partial charge in [-0.2, -0.15) is 0 Å². The Bertz CT molecular complexity index is 537. The van der Waals surface area contributed by atoms with Gasteiger partial charge in [0, 0.05) is 6.42 Å². The number of carboxylic acids is 1. The molecule has 0 unspecified atom stereocenters. The molecule has 0 saturated carbocycles. The van der Waals surface area contributed by atoms with Gasteiger partial charge in [0.1, 0.15) is 0 Å². The standard InChI is InChI=1S/C30H50O2/c1-2-3-4-5-6-7-8-9-10-11-12-13-14-15-16-17-18-19-20-21-22-23-24-25-26-27-28-29-30(31)32/h3-4,6-7,9-10,12-13,15-16H,2,5,8,11,14,17-29H2,1H3,(H,31,32). The van der Waals surface area contributed by atoms with Gasteiger partial charge in [0.2, 0.25) is 0 Å². The van der Waals surface area contributed by atoms with E-state index in [1.54, 1.807) is 0 Å². The van der Waals surface area contributed by atoms with E-state index in [0.717, 1.165) is 44.9 Å². The first kappa shape index (κ1) is 30.2. The summed E-state index contributed by atoms with van der Waals surface area (Å²) in [5.41, 5.74) is 0. The molecule has 182 valence electrons. The van der Waals surface area contributed by atoms with Crippen molar-refractivity contribution in [2.24, 2.45) is 0 Å². The Morgan fingerprint density at radius 1 is 0.500 bits per heavy atom. The van der Waals surface area contributed by atoms with E-state index in [1.165, 1.54) is 64.2 Å². The quantitative estimate of drug-likeness (QED) is 0.126. The molecule has 1 N–H and O–H groups in total. The highest BCUT2D eigenvalue weighted by molar-refractivity contribution is 5.66. The van der Waals surface area contributed by atoms with E-state index in [9.17, 15) is 4.79 Å². The molecule has 0 radical (unpaired) electrons. The van der Waals surface area contributed by atoms with Crippen molar-refractivity contribution in [3.8, 4) is 0 Å². The lowest BCUT2D eigenvalue weighted by Gasteiger charge is -2.02. The zero-order valence-electron chi connectivity index (χ0n) is 20.9. The third-order valence-electron chi connectivity index (χ3n) is 5.42. The summed E-state index contributed by atoms with van der Waals surface area (Å²) in [7, 11) is 0. The van der Waals surface area contributed by atoms with Gasteiger partial charge in [-0.3, -0.25) is 4.79 Å². The summed E-state index contributed by atoms with van der Waals surface area (Å²) >= 11 is 0. The van der Waals surface area contributed by atoms with Crippen LogP contribution in [0.1, 0.15) is 122 Å². The molecule has 2 nitrogen and oxygen atoms in total. The number of allylic oxidation sites excluding steroid dienone is 10. The second-order valence-corrected chi connectivity index (χ2v) is 8.53. The lowest BCUT2D eigenvalue weighted by molar-refractivity contribution is -0.137. The van der Waals surface area contributed by atoms with Gasteiger partial charge in [0.15, 0.2) is 0 Å². The van der Waals surface area contributed by atoms with E-state index in [1.807, 2.05) is 0 Å². The number of carbonyl (C=O) groups is 1. The number of carboxylic acid groups (broad SMARTS) is 1. The predicted molar refractivity (Wildman–Crippen MR) is 142 cm³/mol. The Morgan fingerprint density at radius 2 is 0.844 bits per heavy atom. The fourth-order valence-electron chi connectivity index (χ4n) is 3.50. The van der Waals surface area contributed by atoms with Crippen molar-refractivity contribution in [1.82, 2.24) is 0 Å². The molecular weight excluding hydrogens is 392 g/mol. The summed E-state index contributed by atoms with van der Waals surface area (Å²) in [5.74, 6) is -0.661. The van der Waals surface area contributed by atoms with Crippen LogP contribution in [-0.4, -0.2) is 11.1 Å². The van der Waals surface area contributed by atoms with Gasteiger partial charge in [0.05, 0.1) is 0 Å². The van der Waals surface area contributed by atoms with Gasteiger partial charge in [-0.05, 0) is 51.4 Å². The molecule has 0 amide bonds. The smallest absolute Gasteiger partial charge is 0.303 e. The van der Waals surface area contributed by atoms with Crippen LogP contribution >= 0.6 is 0 Å². The highest BCUT2D eigenvalue weighted by atomic mass is 16.4. The lowest BCUT2D eigenvalue weighted by Crippen LogP contribution is -1.93. The average Bonchev–Trinajstić information content (AvgIpc) is 2.78. The number of hydrogen-bond acceptors (Lipinski definition) is 1. The molecular formula is C30H50O2. The molecule has 0 aliphatic heterocycles. The van der Waals surface area contributed by atoms with Crippen molar-refractivity contribution < 1.29 is 9.90 Å². The predicted octanol–water partition coefficient (Wildman–Crippen LogP) is 9.89. The highest BCUT2D eigenvalue weighted by Crippen LogP contribution is 2.12. The van der Waals surface area contributed by atoms with E-state index in [2.05, 4.69) is 67.7 Å². The lowest BCUT2D eigenvalue weighted by atomic mass is 10.0. The van der Waals surface area contributed by atoms with Crippen LogP contribution in [0.2, 0.25) is 0 Å². The molecule has 0 heterocycles. The van der Waals surface area contributed by atoms with Gasteiger partial charge in [-0.15, -0.1) is 0 Å². The van der Waals surface area contributed by atoms with Crippen LogP contribution in [-0.2, 0) is 4.79 Å². The highest BCUT2D eigenvalue weighted by Gasteiger charge is 1.96. The summed E-state index contributed by atoms with van der Waals surface area (Å²) in [4.78, 5) is 10.4. The molecule has 0 aliphatic rings. The van der Waals surface area contributed by atoms with E-state index in [0.29, 0.717) is 6.42 Å². The van der Waals surface area contributed by atoms with E-state index in [4.69, 9.17) is 5.11 Å². The molecule has 0 aliphatic carbocycles. The molecule has 0 atom stereocenters. The van der Waals surface area contributed by atoms with Gasteiger partial charge in [0.25, 0.3) is 0 Å². The maximum absolute atomic E-state index is 10.4. The number of hydrogen-bond donors (Lipinski definition) is 1. The van der Waals surface area contributed by atoms with Gasteiger partial charge in [-0.25, -0.2) is 0 Å². The molecule has 32 heavy (non-hydrogen) atoms. The zero-order chi connectivity index (χ0) is 23.4. The van der Waals surface area contributed by atoms with E-state index in [-0.39, 0.29) is 0 Å². The minimum atomic E-state index is -0.661. The SMILES string of the molecule is CCC=CCC=CCC=CCC=CCC=CCCCCCCCCCCCCCC(=O)O. The van der Waals surface area contributed by atoms with E-state index >= 15 is 0 Å². The van der Waals surface area contributed by atoms with Crippen LogP contribution in [0, 0.1) is 0 Å². The maximum atomic E-state index is 10.4. The monoisotopic (exact) mass is 442 g/mol. The average molecular weight is 443 g/mol. The fourth-order valence-corrected chi connectivity index (χ4v) is 3.50. The van der Waals surface area contributed by atoms with Crippen molar-refractivity contribution in [1.29, 1.82) is 0 Å². The van der Waals surface area contributed by atoms with Gasteiger partial charge < -0.3 is 5.11 Å². The third-order valence-corrected chi connectivity index (χ3v) is 5.42. The number of rotatable bonds is 23. The number of unbranched alkanes of at least 4 members (excludes halogenated alkanes) is 11.